The normalized spacial score (nSPS) is 11.8. The summed E-state index contributed by atoms with van der Waals surface area (Å²) in [6.07, 6.45) is 0. The second kappa shape index (κ2) is 5.44. The third kappa shape index (κ3) is 2.93. The van der Waals surface area contributed by atoms with Gasteiger partial charge in [-0.2, -0.15) is 0 Å². The van der Waals surface area contributed by atoms with Gasteiger partial charge in [0.2, 0.25) is 0 Å². The van der Waals surface area contributed by atoms with Gasteiger partial charge in [-0.05, 0) is 6.92 Å². The molecule has 0 fully saturated rings. The predicted molar refractivity (Wildman–Crippen MR) is 57.0 cm³/mol. The molecular weight excluding hydrogens is 248 g/mol. The molecule has 98 valence electrons. The van der Waals surface area contributed by atoms with Crippen molar-refractivity contribution < 1.29 is 28.2 Å². The first-order valence-electron chi connectivity index (χ1n) is 4.93. The molecule has 0 aliphatic heterocycles. The van der Waals surface area contributed by atoms with Crippen molar-refractivity contribution in [1.29, 1.82) is 0 Å². The first kappa shape index (κ1) is 13.9. The van der Waals surface area contributed by atoms with Crippen LogP contribution in [0.2, 0.25) is 0 Å². The van der Waals surface area contributed by atoms with Crippen molar-refractivity contribution in [2.75, 3.05) is 7.11 Å². The molecular formula is C11H11F2NO4. The van der Waals surface area contributed by atoms with Crippen LogP contribution >= 0.6 is 0 Å². The first-order chi connectivity index (χ1) is 8.36. The fourth-order valence-corrected chi connectivity index (χ4v) is 1.29. The molecule has 0 unspecified atom stereocenters. The maximum Gasteiger partial charge on any atom is 0.328 e. The van der Waals surface area contributed by atoms with Gasteiger partial charge in [-0.25, -0.2) is 13.6 Å². The van der Waals surface area contributed by atoms with E-state index in [-0.39, 0.29) is 0 Å². The standard InChI is InChI=1S/C11H11F2NO4/c1-5(11(17)18-2)14-10(16)9-7(13)3-6(12)4-8(9)15/h3-5,15H,1-2H3,(H,14,16)/t5-/m0/s1. The van der Waals surface area contributed by atoms with Crippen LogP contribution in [0.1, 0.15) is 17.3 Å². The molecule has 1 aromatic carbocycles. The molecule has 1 atom stereocenters. The van der Waals surface area contributed by atoms with Crippen LogP contribution in [0.5, 0.6) is 5.75 Å². The maximum atomic E-state index is 13.3. The van der Waals surface area contributed by atoms with Crippen molar-refractivity contribution in [2.45, 2.75) is 13.0 Å². The summed E-state index contributed by atoms with van der Waals surface area (Å²) in [6.45, 7) is 1.32. The molecule has 0 aromatic heterocycles. The molecule has 7 heteroatoms. The summed E-state index contributed by atoms with van der Waals surface area (Å²) in [6, 6.07) is 0.0319. The van der Waals surface area contributed by atoms with Gasteiger partial charge >= 0.3 is 5.97 Å². The van der Waals surface area contributed by atoms with Crippen LogP contribution in [0.25, 0.3) is 0 Å². The van der Waals surface area contributed by atoms with Crippen LogP contribution in [0, 0.1) is 11.6 Å². The number of ether oxygens (including phenoxy) is 1. The average molecular weight is 259 g/mol. The second-order valence-corrected chi connectivity index (χ2v) is 3.50. The van der Waals surface area contributed by atoms with Crippen LogP contribution in [0.15, 0.2) is 12.1 Å². The lowest BCUT2D eigenvalue weighted by molar-refractivity contribution is -0.142. The highest BCUT2D eigenvalue weighted by Gasteiger charge is 2.22. The molecule has 0 radical (unpaired) electrons. The van der Waals surface area contributed by atoms with E-state index in [0.29, 0.717) is 12.1 Å². The van der Waals surface area contributed by atoms with E-state index in [1.165, 1.54) is 6.92 Å². The Hall–Kier alpha value is -2.18. The summed E-state index contributed by atoms with van der Waals surface area (Å²) in [7, 11) is 1.13. The molecule has 1 aromatic rings. The lowest BCUT2D eigenvalue weighted by atomic mass is 10.1. The van der Waals surface area contributed by atoms with Crippen LogP contribution < -0.4 is 5.32 Å². The summed E-state index contributed by atoms with van der Waals surface area (Å²) in [5, 5.41) is 11.4. The minimum Gasteiger partial charge on any atom is -0.507 e. The van der Waals surface area contributed by atoms with E-state index in [1.54, 1.807) is 0 Å². The molecule has 5 nitrogen and oxygen atoms in total. The van der Waals surface area contributed by atoms with Gasteiger partial charge in [-0.15, -0.1) is 0 Å². The van der Waals surface area contributed by atoms with Crippen molar-refractivity contribution in [2.24, 2.45) is 0 Å². The van der Waals surface area contributed by atoms with Crippen molar-refractivity contribution in [3.8, 4) is 5.75 Å². The summed E-state index contributed by atoms with van der Waals surface area (Å²) in [5.74, 6) is -4.85. The zero-order valence-corrected chi connectivity index (χ0v) is 9.66. The summed E-state index contributed by atoms with van der Waals surface area (Å²) in [5.41, 5.74) is -0.729. The van der Waals surface area contributed by atoms with E-state index in [2.05, 4.69) is 10.1 Å². The quantitative estimate of drug-likeness (QED) is 0.793. The zero-order valence-electron chi connectivity index (χ0n) is 9.66. The molecule has 1 amide bonds. The SMILES string of the molecule is COC(=O)[C@H](C)NC(=O)c1c(O)cc(F)cc1F. The Kier molecular flexibility index (Phi) is 4.19. The van der Waals surface area contributed by atoms with Gasteiger partial charge in [-0.3, -0.25) is 4.79 Å². The molecule has 0 saturated carbocycles. The summed E-state index contributed by atoms with van der Waals surface area (Å²) in [4.78, 5) is 22.6. The van der Waals surface area contributed by atoms with Crippen molar-refractivity contribution in [3.63, 3.8) is 0 Å². The van der Waals surface area contributed by atoms with E-state index >= 15 is 0 Å². The number of hydrogen-bond acceptors (Lipinski definition) is 4. The fraction of sp³-hybridized carbons (Fsp3) is 0.273. The highest BCUT2D eigenvalue weighted by Crippen LogP contribution is 2.21. The molecule has 0 aliphatic carbocycles. The minimum absolute atomic E-state index is 0.456. The third-order valence-corrected chi connectivity index (χ3v) is 2.16. The Balaban J connectivity index is 2.95. The van der Waals surface area contributed by atoms with E-state index < -0.39 is 40.9 Å². The molecule has 2 N–H and O–H groups in total. The fourth-order valence-electron chi connectivity index (χ4n) is 1.29. The van der Waals surface area contributed by atoms with Crippen LogP contribution in [0.4, 0.5) is 8.78 Å². The van der Waals surface area contributed by atoms with Gasteiger partial charge in [0.25, 0.3) is 5.91 Å². The maximum absolute atomic E-state index is 13.3. The van der Waals surface area contributed by atoms with Gasteiger partial charge in [0, 0.05) is 12.1 Å². The van der Waals surface area contributed by atoms with E-state index in [1.807, 2.05) is 0 Å². The number of rotatable bonds is 3. The van der Waals surface area contributed by atoms with Crippen LogP contribution in [0.3, 0.4) is 0 Å². The van der Waals surface area contributed by atoms with E-state index in [9.17, 15) is 23.5 Å². The third-order valence-electron chi connectivity index (χ3n) is 2.16. The lowest BCUT2D eigenvalue weighted by Gasteiger charge is -2.12. The van der Waals surface area contributed by atoms with Crippen molar-refractivity contribution >= 4 is 11.9 Å². The number of nitrogens with one attached hydrogen (secondary N) is 1. The van der Waals surface area contributed by atoms with Crippen LogP contribution in [-0.2, 0) is 9.53 Å². The van der Waals surface area contributed by atoms with Crippen molar-refractivity contribution in [1.82, 2.24) is 5.32 Å². The topological polar surface area (TPSA) is 75.6 Å². The lowest BCUT2D eigenvalue weighted by Crippen LogP contribution is -2.39. The monoisotopic (exact) mass is 259 g/mol. The molecule has 18 heavy (non-hydrogen) atoms. The predicted octanol–water partition coefficient (Wildman–Crippen LogP) is 0.962. The highest BCUT2D eigenvalue weighted by atomic mass is 19.1. The average Bonchev–Trinajstić information content (AvgIpc) is 2.26. The van der Waals surface area contributed by atoms with Gasteiger partial charge in [0.05, 0.1) is 7.11 Å². The molecule has 0 aliphatic rings. The highest BCUT2D eigenvalue weighted by molar-refractivity contribution is 5.99. The van der Waals surface area contributed by atoms with Gasteiger partial charge < -0.3 is 15.2 Å². The summed E-state index contributed by atoms with van der Waals surface area (Å²) >= 11 is 0. The molecule has 0 heterocycles. The number of methoxy groups -OCH3 is 1. The molecule has 0 spiro atoms. The Morgan fingerprint density at radius 2 is 2.00 bits per heavy atom. The van der Waals surface area contributed by atoms with E-state index in [0.717, 1.165) is 7.11 Å². The number of carbonyl (C=O) groups excluding carboxylic acids is 2. The van der Waals surface area contributed by atoms with Crippen LogP contribution in [-0.4, -0.2) is 30.1 Å². The smallest absolute Gasteiger partial charge is 0.328 e. The number of esters is 1. The Morgan fingerprint density at radius 3 is 2.50 bits per heavy atom. The Morgan fingerprint density at radius 1 is 1.39 bits per heavy atom. The molecule has 1 rings (SSSR count). The number of amides is 1. The number of carbonyl (C=O) groups is 2. The number of halogens is 2. The van der Waals surface area contributed by atoms with Gasteiger partial charge in [0.15, 0.2) is 0 Å². The number of benzene rings is 1. The minimum atomic E-state index is -1.22. The number of phenolic OH excluding ortho intramolecular Hbond substituents is 1. The summed E-state index contributed by atoms with van der Waals surface area (Å²) < 4.78 is 30.4. The molecule has 0 saturated heterocycles. The van der Waals surface area contributed by atoms with E-state index in [4.69, 9.17) is 0 Å². The Bertz CT molecular complexity index is 467. The largest absolute Gasteiger partial charge is 0.507 e. The zero-order chi connectivity index (χ0) is 13.9. The van der Waals surface area contributed by atoms with Gasteiger partial charge in [-0.1, -0.05) is 0 Å². The number of hydrogen-bond donors (Lipinski definition) is 2. The first-order valence-corrected chi connectivity index (χ1v) is 4.93. The number of aromatic hydroxyl groups is 1. The second-order valence-electron chi connectivity index (χ2n) is 3.50. The Labute approximate surface area is 101 Å². The number of phenols is 1. The van der Waals surface area contributed by atoms with Gasteiger partial charge in [0.1, 0.15) is 29.0 Å². The van der Waals surface area contributed by atoms with Crippen molar-refractivity contribution in [3.05, 3.63) is 29.3 Å². The molecule has 0 bridgehead atoms.